The number of nitrogens with two attached hydrogens (primary N) is 1. The zero-order valence-corrected chi connectivity index (χ0v) is 20.8. The molecule has 0 amide bonds. The number of rotatable bonds is 9. The van der Waals surface area contributed by atoms with Gasteiger partial charge in [-0.25, -0.2) is 23.1 Å². The fraction of sp³-hybridized carbons (Fsp3) is 0.440. The number of anilines is 2. The van der Waals surface area contributed by atoms with E-state index in [-0.39, 0.29) is 61.2 Å². The van der Waals surface area contributed by atoms with Crippen molar-refractivity contribution in [3.05, 3.63) is 47.0 Å². The Hall–Kier alpha value is -3.48. The Bertz CT molecular complexity index is 1340. The van der Waals surface area contributed by atoms with Crippen molar-refractivity contribution in [3.63, 3.8) is 0 Å². The molecule has 206 valence electrons. The van der Waals surface area contributed by atoms with Crippen molar-refractivity contribution in [2.75, 3.05) is 38.5 Å². The van der Waals surface area contributed by atoms with Crippen LogP contribution in [0.3, 0.4) is 0 Å². The third kappa shape index (κ3) is 5.66. The lowest BCUT2D eigenvalue weighted by Crippen LogP contribution is -2.52. The number of benzene rings is 2. The summed E-state index contributed by atoms with van der Waals surface area (Å²) < 4.78 is 98.0. The second-order valence-electron chi connectivity index (χ2n) is 9.46. The SMILES string of the molecule is COCC1(COc2cc3c(NCc4cc(N)cc(C(F)(F)F)c4F)nc(C)nc3cc2OC)CC(F)(F)C1. The highest BCUT2D eigenvalue weighted by atomic mass is 19.4. The molecule has 1 aliphatic carbocycles. The van der Waals surface area contributed by atoms with E-state index in [2.05, 4.69) is 15.3 Å². The fourth-order valence-corrected chi connectivity index (χ4v) is 4.71. The number of fused-ring (bicyclic) bond motifs is 1. The van der Waals surface area contributed by atoms with Crippen LogP contribution < -0.4 is 20.5 Å². The van der Waals surface area contributed by atoms with Crippen LogP contribution in [-0.4, -0.2) is 43.3 Å². The number of alkyl halides is 5. The number of aryl methyl sites for hydroxylation is 1. The van der Waals surface area contributed by atoms with E-state index in [1.807, 2.05) is 0 Å². The maximum absolute atomic E-state index is 14.6. The van der Waals surface area contributed by atoms with E-state index in [1.54, 1.807) is 13.0 Å². The van der Waals surface area contributed by atoms with Crippen molar-refractivity contribution < 1.29 is 40.6 Å². The predicted octanol–water partition coefficient (Wildman–Crippen LogP) is 5.74. The highest BCUT2D eigenvalue weighted by molar-refractivity contribution is 5.91. The second kappa shape index (κ2) is 10.0. The molecule has 3 aromatic rings. The van der Waals surface area contributed by atoms with Gasteiger partial charge in [0, 0.05) is 54.6 Å². The van der Waals surface area contributed by atoms with Crippen LogP contribution in [0.2, 0.25) is 0 Å². The highest BCUT2D eigenvalue weighted by Gasteiger charge is 2.57. The first-order valence-electron chi connectivity index (χ1n) is 11.5. The Kier molecular flexibility index (Phi) is 7.26. The number of nitrogen functional groups attached to an aromatic ring is 1. The van der Waals surface area contributed by atoms with Crippen LogP contribution in [0.5, 0.6) is 11.5 Å². The zero-order chi connectivity index (χ0) is 27.9. The van der Waals surface area contributed by atoms with Gasteiger partial charge in [0.25, 0.3) is 0 Å². The van der Waals surface area contributed by atoms with Crippen molar-refractivity contribution in [1.82, 2.24) is 9.97 Å². The standard InChI is InChI=1S/C25H26F6N4O3/c1-13-34-18-7-19(37-3)20(38-12-23(11-36-2)9-24(27,28)10-23)6-16(18)22(35-13)33-8-14-4-15(32)5-17(21(14)26)25(29,30)31/h4-7H,8-12,32H2,1-3H3,(H,33,34,35). The van der Waals surface area contributed by atoms with Gasteiger partial charge in [-0.1, -0.05) is 0 Å². The molecule has 1 aromatic heterocycles. The van der Waals surface area contributed by atoms with E-state index in [0.29, 0.717) is 22.8 Å². The van der Waals surface area contributed by atoms with Gasteiger partial charge in [-0.3, -0.25) is 0 Å². The Balaban J connectivity index is 1.65. The summed E-state index contributed by atoms with van der Waals surface area (Å²) in [4.78, 5) is 8.66. The molecule has 0 saturated heterocycles. The van der Waals surface area contributed by atoms with E-state index in [0.717, 1.165) is 6.07 Å². The molecule has 0 bridgehead atoms. The van der Waals surface area contributed by atoms with Crippen LogP contribution in [0.4, 0.5) is 37.8 Å². The van der Waals surface area contributed by atoms with E-state index < -0.39 is 28.9 Å². The van der Waals surface area contributed by atoms with Gasteiger partial charge in [-0.05, 0) is 25.1 Å². The molecule has 0 spiro atoms. The van der Waals surface area contributed by atoms with E-state index in [4.69, 9.17) is 19.9 Å². The first-order chi connectivity index (χ1) is 17.8. The molecule has 1 fully saturated rings. The quantitative estimate of drug-likeness (QED) is 0.262. The number of hydrogen-bond donors (Lipinski definition) is 2. The lowest BCUT2D eigenvalue weighted by molar-refractivity contribution is -0.190. The first kappa shape index (κ1) is 27.6. The summed E-state index contributed by atoms with van der Waals surface area (Å²) in [7, 11) is 2.83. The molecule has 38 heavy (non-hydrogen) atoms. The molecule has 3 N–H and O–H groups in total. The van der Waals surface area contributed by atoms with Gasteiger partial charge in [0.2, 0.25) is 5.92 Å². The zero-order valence-electron chi connectivity index (χ0n) is 20.8. The molecule has 2 aromatic carbocycles. The summed E-state index contributed by atoms with van der Waals surface area (Å²) in [6.45, 7) is 1.26. The van der Waals surface area contributed by atoms with Gasteiger partial charge in [-0.2, -0.15) is 13.2 Å². The van der Waals surface area contributed by atoms with Gasteiger partial charge in [0.05, 0.1) is 31.4 Å². The molecule has 1 aliphatic rings. The van der Waals surface area contributed by atoms with Crippen molar-refractivity contribution in [3.8, 4) is 11.5 Å². The first-order valence-corrected chi connectivity index (χ1v) is 11.5. The fourth-order valence-electron chi connectivity index (χ4n) is 4.71. The van der Waals surface area contributed by atoms with Crippen molar-refractivity contribution >= 4 is 22.4 Å². The van der Waals surface area contributed by atoms with Gasteiger partial charge in [0.1, 0.15) is 17.5 Å². The molecule has 13 heteroatoms. The Labute approximate surface area is 214 Å². The summed E-state index contributed by atoms with van der Waals surface area (Å²) in [6.07, 6.45) is -5.69. The minimum atomic E-state index is -4.92. The van der Waals surface area contributed by atoms with Gasteiger partial charge in [0.15, 0.2) is 11.5 Å². The maximum Gasteiger partial charge on any atom is 0.419 e. The summed E-state index contributed by atoms with van der Waals surface area (Å²) >= 11 is 0. The minimum absolute atomic E-state index is 0.0670. The van der Waals surface area contributed by atoms with E-state index in [1.165, 1.54) is 20.3 Å². The average Bonchev–Trinajstić information content (AvgIpc) is 2.80. The number of aromatic nitrogens is 2. The third-order valence-electron chi connectivity index (χ3n) is 6.27. The second-order valence-corrected chi connectivity index (χ2v) is 9.46. The molecule has 1 heterocycles. The number of hydrogen-bond acceptors (Lipinski definition) is 7. The van der Waals surface area contributed by atoms with Crippen LogP contribution in [0, 0.1) is 18.2 Å². The molecule has 1 saturated carbocycles. The topological polar surface area (TPSA) is 91.5 Å². The summed E-state index contributed by atoms with van der Waals surface area (Å²) in [5, 5.41) is 3.25. The molecule has 0 aliphatic heterocycles. The minimum Gasteiger partial charge on any atom is -0.493 e. The normalized spacial score (nSPS) is 16.2. The third-order valence-corrected chi connectivity index (χ3v) is 6.27. The smallest absolute Gasteiger partial charge is 0.419 e. The van der Waals surface area contributed by atoms with Gasteiger partial charge >= 0.3 is 6.18 Å². The summed E-state index contributed by atoms with van der Waals surface area (Å²) in [5.74, 6) is -3.21. The number of methoxy groups -OCH3 is 2. The summed E-state index contributed by atoms with van der Waals surface area (Å²) in [5.41, 5.74) is 3.10. The van der Waals surface area contributed by atoms with Crippen LogP contribution in [-0.2, 0) is 17.5 Å². The highest BCUT2D eigenvalue weighted by Crippen LogP contribution is 2.52. The van der Waals surface area contributed by atoms with Gasteiger partial charge < -0.3 is 25.3 Å². The Morgan fingerprint density at radius 1 is 1.03 bits per heavy atom. The van der Waals surface area contributed by atoms with Crippen molar-refractivity contribution in [2.24, 2.45) is 5.41 Å². The lowest BCUT2D eigenvalue weighted by Gasteiger charge is -2.46. The lowest BCUT2D eigenvalue weighted by atomic mass is 9.67. The molecule has 4 rings (SSSR count). The average molecular weight is 544 g/mol. The monoisotopic (exact) mass is 544 g/mol. The molecular weight excluding hydrogens is 518 g/mol. The van der Waals surface area contributed by atoms with Crippen LogP contribution in [0.15, 0.2) is 24.3 Å². The largest absolute Gasteiger partial charge is 0.493 e. The van der Waals surface area contributed by atoms with Crippen LogP contribution >= 0.6 is 0 Å². The van der Waals surface area contributed by atoms with E-state index >= 15 is 0 Å². The Morgan fingerprint density at radius 2 is 1.74 bits per heavy atom. The molecular formula is C25H26F6N4O3. The van der Waals surface area contributed by atoms with Crippen molar-refractivity contribution in [1.29, 1.82) is 0 Å². The van der Waals surface area contributed by atoms with Crippen LogP contribution in [0.25, 0.3) is 10.9 Å². The maximum atomic E-state index is 14.6. The number of nitrogens with zero attached hydrogens (tertiary/aromatic N) is 2. The Morgan fingerprint density at radius 3 is 2.34 bits per heavy atom. The molecule has 7 nitrogen and oxygen atoms in total. The molecule has 0 unspecified atom stereocenters. The molecule has 0 atom stereocenters. The number of nitrogens with one attached hydrogen (secondary N) is 1. The van der Waals surface area contributed by atoms with Gasteiger partial charge in [-0.15, -0.1) is 0 Å². The molecule has 0 radical (unpaired) electrons. The number of ether oxygens (including phenoxy) is 3. The summed E-state index contributed by atoms with van der Waals surface area (Å²) in [6, 6.07) is 4.73. The van der Waals surface area contributed by atoms with Crippen LogP contribution in [0.1, 0.15) is 29.8 Å². The predicted molar refractivity (Wildman–Crippen MR) is 128 cm³/mol. The van der Waals surface area contributed by atoms with E-state index in [9.17, 15) is 26.3 Å². The number of halogens is 6. The van der Waals surface area contributed by atoms with Crippen molar-refractivity contribution in [2.45, 2.75) is 38.4 Å².